The number of carbonyl (C=O) groups is 1. The van der Waals surface area contributed by atoms with Gasteiger partial charge in [0.2, 0.25) is 0 Å². The molecular formula is C24H17Cl2F12NO3S. The molecule has 0 saturated heterocycles. The summed E-state index contributed by atoms with van der Waals surface area (Å²) >= 11 is 11.2. The van der Waals surface area contributed by atoms with Crippen molar-refractivity contribution in [2.45, 2.75) is 43.8 Å². The lowest BCUT2D eigenvalue weighted by atomic mass is 9.94. The van der Waals surface area contributed by atoms with Crippen LogP contribution in [0.1, 0.15) is 51.9 Å². The number of allylic oxidation sites excluding steroid dienone is 1. The zero-order valence-corrected chi connectivity index (χ0v) is 23.4. The number of nitrogens with one attached hydrogen (secondary N) is 1. The molecule has 0 bridgehead atoms. The lowest BCUT2D eigenvalue weighted by molar-refractivity contribution is -0.140. The average molecular weight is 698 g/mol. The Morgan fingerprint density at radius 1 is 0.953 bits per heavy atom. The minimum atomic E-state index is -5.43. The maximum Gasteiger partial charge on any atom is 0.417 e. The molecule has 1 N–H and O–H groups in total. The summed E-state index contributed by atoms with van der Waals surface area (Å²) in [6.07, 6.45) is -19.3. The number of hydrogen-bond acceptors (Lipinski definition) is 3. The Kier molecular flexibility index (Phi) is 11.2. The van der Waals surface area contributed by atoms with E-state index in [9.17, 15) is 65.9 Å². The van der Waals surface area contributed by atoms with Crippen LogP contribution in [0.5, 0.6) is 0 Å². The molecule has 0 aliphatic rings. The van der Waals surface area contributed by atoms with Crippen LogP contribution in [-0.4, -0.2) is 44.2 Å². The Hall–Kier alpha value is -2.66. The third kappa shape index (κ3) is 10.2. The summed E-state index contributed by atoms with van der Waals surface area (Å²) in [5.74, 6) is -10.0. The topological polar surface area (TPSA) is 63.2 Å². The van der Waals surface area contributed by atoms with Gasteiger partial charge in [-0.2, -0.15) is 39.5 Å². The number of halogens is 14. The Morgan fingerprint density at radius 3 is 1.93 bits per heavy atom. The molecule has 2 rings (SSSR count). The maximum absolute atomic E-state index is 15.0. The molecule has 2 aromatic rings. The van der Waals surface area contributed by atoms with Crippen molar-refractivity contribution in [1.29, 1.82) is 0 Å². The number of sulfone groups is 1. The molecule has 2 aromatic carbocycles. The van der Waals surface area contributed by atoms with Gasteiger partial charge in [0.1, 0.15) is 17.5 Å². The van der Waals surface area contributed by atoms with Crippen molar-refractivity contribution in [3.8, 4) is 0 Å². The van der Waals surface area contributed by atoms with E-state index in [1.807, 2.05) is 0 Å². The Balaban J connectivity index is 2.49. The second-order valence-corrected chi connectivity index (χ2v) is 12.0. The first kappa shape index (κ1) is 36.5. The molecule has 1 amide bonds. The van der Waals surface area contributed by atoms with Crippen LogP contribution in [0.15, 0.2) is 36.4 Å². The molecule has 0 radical (unpaired) electrons. The van der Waals surface area contributed by atoms with Gasteiger partial charge in [-0.1, -0.05) is 29.3 Å². The van der Waals surface area contributed by atoms with Crippen LogP contribution in [0.4, 0.5) is 52.7 Å². The number of rotatable bonds is 9. The summed E-state index contributed by atoms with van der Waals surface area (Å²) in [6.45, 7) is 0.888. The van der Waals surface area contributed by atoms with Crippen LogP contribution in [0, 0.1) is 0 Å². The zero-order valence-electron chi connectivity index (χ0n) is 21.0. The fourth-order valence-corrected chi connectivity index (χ4v) is 5.90. The fourth-order valence-electron chi connectivity index (χ4n) is 3.77. The third-order valence-electron chi connectivity index (χ3n) is 5.45. The third-order valence-corrected chi connectivity index (χ3v) is 7.86. The highest BCUT2D eigenvalue weighted by Crippen LogP contribution is 2.43. The normalized spacial score (nSPS) is 15.0. The standard InChI is InChI=1S/C24H17Cl2F12NO3S/c1-10(8-43(41,42)9-22(30,31)32)39-21(40)13-3-2-11(4-15(13)24(36,37)38)18(27)7-14(23(33,34)35)12-5-16(25)19(20(28)29)17(26)6-12/h2-7,10,14,20H,8-9H2,1H3,(H,39,40)/b18-7-/t10-,14?/m1/s1. The van der Waals surface area contributed by atoms with Gasteiger partial charge in [0.15, 0.2) is 9.84 Å². The van der Waals surface area contributed by atoms with Gasteiger partial charge in [0.05, 0.1) is 32.5 Å². The Morgan fingerprint density at radius 2 is 1.49 bits per heavy atom. The predicted octanol–water partition coefficient (Wildman–Crippen LogP) is 8.70. The van der Waals surface area contributed by atoms with E-state index in [0.29, 0.717) is 24.3 Å². The van der Waals surface area contributed by atoms with E-state index in [-0.39, 0.29) is 12.1 Å². The van der Waals surface area contributed by atoms with Gasteiger partial charge < -0.3 is 5.32 Å². The molecule has 0 heterocycles. The van der Waals surface area contributed by atoms with Gasteiger partial charge in [0.25, 0.3) is 12.3 Å². The highest BCUT2D eigenvalue weighted by Gasteiger charge is 2.41. The predicted molar refractivity (Wildman–Crippen MR) is 132 cm³/mol. The first-order chi connectivity index (χ1) is 19.3. The number of benzene rings is 2. The quantitative estimate of drug-likeness (QED) is 0.267. The van der Waals surface area contributed by atoms with Gasteiger partial charge in [-0.25, -0.2) is 21.6 Å². The van der Waals surface area contributed by atoms with Crippen LogP contribution >= 0.6 is 23.2 Å². The second kappa shape index (κ2) is 13.1. The van der Waals surface area contributed by atoms with Crippen molar-refractivity contribution >= 4 is 44.8 Å². The van der Waals surface area contributed by atoms with Crippen LogP contribution < -0.4 is 5.32 Å². The zero-order chi connectivity index (χ0) is 33.3. The number of amides is 1. The van der Waals surface area contributed by atoms with Gasteiger partial charge in [-0.15, -0.1) is 0 Å². The first-order valence-electron chi connectivity index (χ1n) is 11.3. The molecule has 0 spiro atoms. The highest BCUT2D eigenvalue weighted by atomic mass is 35.5. The fraction of sp³-hybridized carbons (Fsp3) is 0.375. The molecule has 0 fully saturated rings. The SMILES string of the molecule is C[C@H](CS(=O)(=O)CC(F)(F)F)NC(=O)c1ccc(/C(F)=C/C(c2cc(Cl)c(C(F)F)c(Cl)c2)C(F)(F)F)cc1C(F)(F)F. The molecule has 1 unspecified atom stereocenters. The first-order valence-corrected chi connectivity index (χ1v) is 13.9. The average Bonchev–Trinajstić information content (AvgIpc) is 2.77. The molecule has 4 nitrogen and oxygen atoms in total. The van der Waals surface area contributed by atoms with Crippen LogP contribution in [0.3, 0.4) is 0 Å². The molecule has 240 valence electrons. The Labute approximate surface area is 245 Å². The molecule has 0 saturated carbocycles. The Bertz CT molecular complexity index is 1460. The van der Waals surface area contributed by atoms with Gasteiger partial charge in [-0.3, -0.25) is 4.79 Å². The molecule has 19 heteroatoms. The van der Waals surface area contributed by atoms with Crippen molar-refractivity contribution in [2.75, 3.05) is 11.5 Å². The number of carbonyl (C=O) groups excluding carboxylic acids is 1. The molecule has 0 aliphatic carbocycles. The summed E-state index contributed by atoms with van der Waals surface area (Å²) in [5, 5.41) is -0.0108. The summed E-state index contributed by atoms with van der Waals surface area (Å²) in [5.41, 5.74) is -6.18. The van der Waals surface area contributed by atoms with E-state index < -0.39 is 108 Å². The monoisotopic (exact) mass is 697 g/mol. The number of alkyl halides is 11. The van der Waals surface area contributed by atoms with Crippen molar-refractivity contribution in [3.63, 3.8) is 0 Å². The lowest BCUT2D eigenvalue weighted by Crippen LogP contribution is -2.40. The molecule has 43 heavy (non-hydrogen) atoms. The van der Waals surface area contributed by atoms with Gasteiger partial charge in [0, 0.05) is 11.6 Å². The molecular weight excluding hydrogens is 681 g/mol. The van der Waals surface area contributed by atoms with Crippen molar-refractivity contribution in [3.05, 3.63) is 74.3 Å². The molecule has 0 aliphatic heterocycles. The minimum absolute atomic E-state index is 0.0287. The van der Waals surface area contributed by atoms with E-state index in [0.717, 1.165) is 6.92 Å². The molecule has 2 atom stereocenters. The summed E-state index contributed by atoms with van der Waals surface area (Å²) in [4.78, 5) is 12.4. The summed E-state index contributed by atoms with van der Waals surface area (Å²) in [7, 11) is -4.85. The van der Waals surface area contributed by atoms with E-state index in [1.54, 1.807) is 5.32 Å². The highest BCUT2D eigenvalue weighted by molar-refractivity contribution is 7.91. The summed E-state index contributed by atoms with van der Waals surface area (Å²) < 4.78 is 184. The largest absolute Gasteiger partial charge is 0.417 e. The van der Waals surface area contributed by atoms with Crippen molar-refractivity contribution in [2.24, 2.45) is 0 Å². The summed E-state index contributed by atoms with van der Waals surface area (Å²) in [6, 6.07) is 0.0436. The van der Waals surface area contributed by atoms with Crippen LogP contribution in [-0.2, 0) is 16.0 Å². The van der Waals surface area contributed by atoms with Gasteiger partial charge in [-0.05, 0) is 42.8 Å². The van der Waals surface area contributed by atoms with E-state index in [2.05, 4.69) is 0 Å². The smallest absolute Gasteiger partial charge is 0.349 e. The van der Waals surface area contributed by atoms with Crippen LogP contribution in [0.2, 0.25) is 10.0 Å². The molecule has 0 aromatic heterocycles. The van der Waals surface area contributed by atoms with Crippen LogP contribution in [0.25, 0.3) is 5.83 Å². The van der Waals surface area contributed by atoms with Crippen molar-refractivity contribution in [1.82, 2.24) is 5.32 Å². The number of hydrogen-bond donors (Lipinski definition) is 1. The second-order valence-electron chi connectivity index (χ2n) is 9.04. The van der Waals surface area contributed by atoms with E-state index >= 15 is 0 Å². The maximum atomic E-state index is 15.0. The minimum Gasteiger partial charge on any atom is -0.349 e. The van der Waals surface area contributed by atoms with E-state index in [1.165, 1.54) is 0 Å². The lowest BCUT2D eigenvalue weighted by Gasteiger charge is -2.20. The van der Waals surface area contributed by atoms with E-state index in [4.69, 9.17) is 23.2 Å². The van der Waals surface area contributed by atoms with Gasteiger partial charge >= 0.3 is 18.5 Å². The van der Waals surface area contributed by atoms with Crippen molar-refractivity contribution < 1.29 is 65.9 Å².